The standard InChI is InChI=1S/C17H14N4O3/c1-24-11-3-5-13-12(7-11)16(22)21(9-18-13)8-10-2-4-14-15(6-10)20-17(23)19-14/h2-7,9H,8H2,1H3,(H2,19,20,23). The molecular weight excluding hydrogens is 308 g/mol. The highest BCUT2D eigenvalue weighted by molar-refractivity contribution is 5.79. The van der Waals surface area contributed by atoms with Crippen LogP contribution in [0.4, 0.5) is 0 Å². The molecule has 0 radical (unpaired) electrons. The summed E-state index contributed by atoms with van der Waals surface area (Å²) in [7, 11) is 1.56. The van der Waals surface area contributed by atoms with Crippen LogP contribution >= 0.6 is 0 Å². The maximum Gasteiger partial charge on any atom is 0.323 e. The molecule has 0 fully saturated rings. The highest BCUT2D eigenvalue weighted by Crippen LogP contribution is 2.16. The molecule has 0 spiro atoms. The largest absolute Gasteiger partial charge is 0.497 e. The van der Waals surface area contributed by atoms with Crippen LogP contribution in [0.3, 0.4) is 0 Å². The number of hydrogen-bond acceptors (Lipinski definition) is 4. The van der Waals surface area contributed by atoms with E-state index >= 15 is 0 Å². The van der Waals surface area contributed by atoms with E-state index in [1.54, 1.807) is 25.3 Å². The van der Waals surface area contributed by atoms with Crippen molar-refractivity contribution in [3.8, 4) is 5.75 Å². The molecule has 4 rings (SSSR count). The van der Waals surface area contributed by atoms with E-state index in [9.17, 15) is 9.59 Å². The number of imidazole rings is 1. The lowest BCUT2D eigenvalue weighted by atomic mass is 10.2. The third-order valence-corrected chi connectivity index (χ3v) is 3.96. The van der Waals surface area contributed by atoms with Gasteiger partial charge in [0.15, 0.2) is 0 Å². The van der Waals surface area contributed by atoms with E-state index in [0.717, 1.165) is 11.1 Å². The smallest absolute Gasteiger partial charge is 0.323 e. The summed E-state index contributed by atoms with van der Waals surface area (Å²) in [5, 5.41) is 0.507. The van der Waals surface area contributed by atoms with Gasteiger partial charge in [0.25, 0.3) is 5.56 Å². The lowest BCUT2D eigenvalue weighted by molar-refractivity contribution is 0.415. The molecule has 2 heterocycles. The number of methoxy groups -OCH3 is 1. The minimum atomic E-state index is -0.251. The molecule has 7 nitrogen and oxygen atoms in total. The van der Waals surface area contributed by atoms with Gasteiger partial charge in [-0.15, -0.1) is 0 Å². The Morgan fingerprint density at radius 3 is 2.75 bits per heavy atom. The molecule has 2 aromatic carbocycles. The molecule has 0 aliphatic carbocycles. The first-order valence-electron chi connectivity index (χ1n) is 7.38. The Kier molecular flexibility index (Phi) is 3.19. The predicted octanol–water partition coefficient (Wildman–Crippen LogP) is 1.62. The molecule has 0 saturated carbocycles. The summed E-state index contributed by atoms with van der Waals surface area (Å²) in [6.07, 6.45) is 1.53. The molecule has 120 valence electrons. The van der Waals surface area contributed by atoms with Gasteiger partial charge in [0, 0.05) is 0 Å². The first-order valence-corrected chi connectivity index (χ1v) is 7.38. The van der Waals surface area contributed by atoms with Crippen molar-refractivity contribution in [2.75, 3.05) is 7.11 Å². The van der Waals surface area contributed by atoms with Crippen molar-refractivity contribution in [3.05, 3.63) is 69.1 Å². The van der Waals surface area contributed by atoms with Gasteiger partial charge in [0.05, 0.1) is 41.9 Å². The van der Waals surface area contributed by atoms with Gasteiger partial charge in [0.1, 0.15) is 5.75 Å². The van der Waals surface area contributed by atoms with E-state index in [0.29, 0.717) is 28.7 Å². The highest BCUT2D eigenvalue weighted by Gasteiger charge is 2.07. The summed E-state index contributed by atoms with van der Waals surface area (Å²) in [6.45, 7) is 0.363. The second-order valence-corrected chi connectivity index (χ2v) is 5.52. The number of aromatic amines is 2. The van der Waals surface area contributed by atoms with E-state index in [-0.39, 0.29) is 11.2 Å². The van der Waals surface area contributed by atoms with Crippen molar-refractivity contribution in [2.45, 2.75) is 6.54 Å². The third kappa shape index (κ3) is 2.36. The van der Waals surface area contributed by atoms with Crippen LogP contribution in [0.25, 0.3) is 21.9 Å². The van der Waals surface area contributed by atoms with Gasteiger partial charge in [-0.2, -0.15) is 0 Å². The zero-order valence-electron chi connectivity index (χ0n) is 12.9. The van der Waals surface area contributed by atoms with Gasteiger partial charge in [0.2, 0.25) is 0 Å². The summed E-state index contributed by atoms with van der Waals surface area (Å²) >= 11 is 0. The molecule has 0 aliphatic heterocycles. The maximum atomic E-state index is 12.7. The zero-order chi connectivity index (χ0) is 16.7. The van der Waals surface area contributed by atoms with Gasteiger partial charge in [-0.3, -0.25) is 9.36 Å². The number of H-pyrrole nitrogens is 2. The normalized spacial score (nSPS) is 11.2. The second kappa shape index (κ2) is 5.38. The maximum absolute atomic E-state index is 12.7. The fraction of sp³-hybridized carbons (Fsp3) is 0.118. The van der Waals surface area contributed by atoms with E-state index in [4.69, 9.17) is 4.74 Å². The number of nitrogens with one attached hydrogen (secondary N) is 2. The quantitative estimate of drug-likeness (QED) is 0.599. The van der Waals surface area contributed by atoms with Gasteiger partial charge in [-0.1, -0.05) is 6.07 Å². The monoisotopic (exact) mass is 322 g/mol. The SMILES string of the molecule is COc1ccc2ncn(Cc3ccc4[nH]c(=O)[nH]c4c3)c(=O)c2c1. The average Bonchev–Trinajstić information content (AvgIpc) is 2.96. The van der Waals surface area contributed by atoms with Crippen LogP contribution in [-0.2, 0) is 6.54 Å². The summed E-state index contributed by atoms with van der Waals surface area (Å²) in [6, 6.07) is 10.7. The molecule has 2 N–H and O–H groups in total. The first kappa shape index (κ1) is 14.3. The Morgan fingerprint density at radius 1 is 1.08 bits per heavy atom. The van der Waals surface area contributed by atoms with Crippen molar-refractivity contribution >= 4 is 21.9 Å². The molecule has 4 aromatic rings. The number of aromatic nitrogens is 4. The van der Waals surface area contributed by atoms with E-state index in [1.807, 2.05) is 18.2 Å². The average molecular weight is 322 g/mol. The Labute approximate surface area is 135 Å². The molecule has 0 saturated heterocycles. The fourth-order valence-electron chi connectivity index (χ4n) is 2.75. The number of hydrogen-bond donors (Lipinski definition) is 2. The molecule has 0 unspecified atom stereocenters. The second-order valence-electron chi connectivity index (χ2n) is 5.52. The number of benzene rings is 2. The highest BCUT2D eigenvalue weighted by atomic mass is 16.5. The molecule has 7 heteroatoms. The van der Waals surface area contributed by atoms with Crippen LogP contribution in [0.5, 0.6) is 5.75 Å². The number of nitrogens with zero attached hydrogens (tertiary/aromatic N) is 2. The van der Waals surface area contributed by atoms with Crippen molar-refractivity contribution in [1.29, 1.82) is 0 Å². The Hall–Kier alpha value is -3.35. The molecule has 0 amide bonds. The van der Waals surface area contributed by atoms with Crippen LogP contribution in [0.2, 0.25) is 0 Å². The summed E-state index contributed by atoms with van der Waals surface area (Å²) in [5.74, 6) is 0.616. The van der Waals surface area contributed by atoms with Gasteiger partial charge < -0.3 is 14.7 Å². The third-order valence-electron chi connectivity index (χ3n) is 3.96. The van der Waals surface area contributed by atoms with E-state index < -0.39 is 0 Å². The van der Waals surface area contributed by atoms with Crippen LogP contribution in [-0.4, -0.2) is 26.6 Å². The van der Waals surface area contributed by atoms with Crippen molar-refractivity contribution in [3.63, 3.8) is 0 Å². The molecular formula is C17H14N4O3. The minimum Gasteiger partial charge on any atom is -0.497 e. The molecule has 0 aliphatic rings. The lowest BCUT2D eigenvalue weighted by Gasteiger charge is -2.08. The van der Waals surface area contributed by atoms with Crippen LogP contribution in [0.1, 0.15) is 5.56 Å². The van der Waals surface area contributed by atoms with Gasteiger partial charge >= 0.3 is 5.69 Å². The lowest BCUT2D eigenvalue weighted by Crippen LogP contribution is -2.21. The van der Waals surface area contributed by atoms with Crippen molar-refractivity contribution in [2.24, 2.45) is 0 Å². The Bertz CT molecular complexity index is 1170. The number of ether oxygens (including phenoxy) is 1. The van der Waals surface area contributed by atoms with Crippen LogP contribution in [0, 0.1) is 0 Å². The predicted molar refractivity (Wildman–Crippen MR) is 90.6 cm³/mol. The summed E-state index contributed by atoms with van der Waals surface area (Å²) < 4.78 is 6.71. The first-order chi connectivity index (χ1) is 11.6. The van der Waals surface area contributed by atoms with Gasteiger partial charge in [-0.25, -0.2) is 9.78 Å². The number of fused-ring (bicyclic) bond motifs is 2. The molecule has 2 aromatic heterocycles. The minimum absolute atomic E-state index is 0.137. The zero-order valence-corrected chi connectivity index (χ0v) is 12.9. The Balaban J connectivity index is 1.78. The van der Waals surface area contributed by atoms with Crippen LogP contribution in [0.15, 0.2) is 52.3 Å². The number of rotatable bonds is 3. The van der Waals surface area contributed by atoms with E-state index in [1.165, 1.54) is 10.9 Å². The summed E-state index contributed by atoms with van der Waals surface area (Å²) in [4.78, 5) is 33.7. The molecule has 0 bridgehead atoms. The van der Waals surface area contributed by atoms with E-state index in [2.05, 4.69) is 15.0 Å². The molecule has 24 heavy (non-hydrogen) atoms. The fourth-order valence-corrected chi connectivity index (χ4v) is 2.75. The van der Waals surface area contributed by atoms with Gasteiger partial charge in [-0.05, 0) is 35.9 Å². The molecule has 0 atom stereocenters. The topological polar surface area (TPSA) is 92.8 Å². The van der Waals surface area contributed by atoms with Crippen LogP contribution < -0.4 is 16.0 Å². The Morgan fingerprint density at radius 2 is 1.92 bits per heavy atom. The summed E-state index contributed by atoms with van der Waals surface area (Å²) in [5.41, 5.74) is 2.57. The van der Waals surface area contributed by atoms with Crippen molar-refractivity contribution in [1.82, 2.24) is 19.5 Å². The van der Waals surface area contributed by atoms with Crippen molar-refractivity contribution < 1.29 is 4.74 Å².